The molecule has 66 heavy (non-hydrogen) atoms. The molecule has 2 unspecified atom stereocenters. The molecule has 0 bridgehead atoms. The molecule has 0 saturated carbocycles. The molecule has 1 saturated heterocycles. The van der Waals surface area contributed by atoms with Crippen LogP contribution in [0.25, 0.3) is 11.1 Å². The van der Waals surface area contributed by atoms with Crippen molar-refractivity contribution in [3.05, 3.63) is 95.8 Å². The van der Waals surface area contributed by atoms with E-state index in [9.17, 15) is 33.2 Å². The lowest BCUT2D eigenvalue weighted by Crippen LogP contribution is -2.45. The van der Waals surface area contributed by atoms with E-state index in [0.29, 0.717) is 70.4 Å². The van der Waals surface area contributed by atoms with Crippen molar-refractivity contribution in [3.8, 4) is 11.1 Å². The predicted octanol–water partition coefficient (Wildman–Crippen LogP) is 7.84. The Kier molecular flexibility index (Phi) is 18.2. The molecule has 5 rings (SSSR count). The standard InChI is InChI=1S/C50H66F2N6O7S/c1-49(2,3)47(41-27-36(39-28-37(51)16-18-40(39)52)33-56(41)30-34-13-9-7-10-14-34)58(32-35-22-26-55(31-35)48(64)65-50(4,5)6)46(63)29-38(66)17-19-43(60)54-24-23-53-42(59)15-11-8-12-25-57-44(61)20-21-45(57)62/h7,9-10,13-14,16,18,20-21,27-28,33,35,38,47,66H,8,11-12,15,17,19,22-26,29-32H2,1-6H3,(H,53,59)(H,54,60)/t35?,38?,47-/m0/s1. The minimum atomic E-state index is -0.672. The molecule has 3 atom stereocenters. The van der Waals surface area contributed by atoms with Gasteiger partial charge in [-0.25, -0.2) is 13.6 Å². The monoisotopic (exact) mass is 932 g/mol. The van der Waals surface area contributed by atoms with Crippen molar-refractivity contribution in [3.63, 3.8) is 0 Å². The quantitative estimate of drug-likeness (QED) is 0.0560. The smallest absolute Gasteiger partial charge is 0.410 e. The highest BCUT2D eigenvalue weighted by Gasteiger charge is 2.40. The summed E-state index contributed by atoms with van der Waals surface area (Å²) in [4.78, 5) is 81.2. The van der Waals surface area contributed by atoms with Crippen LogP contribution in [0.1, 0.15) is 110 Å². The molecule has 1 fully saturated rings. The highest BCUT2D eigenvalue weighted by atomic mass is 32.1. The molecular weight excluding hydrogens is 867 g/mol. The Balaban J connectivity index is 1.26. The van der Waals surface area contributed by atoms with Crippen LogP contribution in [0.2, 0.25) is 0 Å². The van der Waals surface area contributed by atoms with E-state index in [2.05, 4.69) is 10.6 Å². The van der Waals surface area contributed by atoms with E-state index in [1.807, 2.05) is 87.4 Å². The number of amides is 6. The number of likely N-dealkylation sites (tertiary alicyclic amines) is 1. The molecule has 6 amide bonds. The number of imide groups is 1. The van der Waals surface area contributed by atoms with Crippen molar-refractivity contribution in [1.82, 2.24) is 29.9 Å². The van der Waals surface area contributed by atoms with Crippen molar-refractivity contribution >= 4 is 48.3 Å². The number of aromatic nitrogens is 1. The summed E-state index contributed by atoms with van der Waals surface area (Å²) in [5, 5.41) is 5.12. The molecule has 2 N–H and O–H groups in total. The van der Waals surface area contributed by atoms with Gasteiger partial charge in [0.15, 0.2) is 0 Å². The number of hydrogen-bond acceptors (Lipinski definition) is 8. The van der Waals surface area contributed by atoms with E-state index in [1.54, 1.807) is 11.1 Å². The maximum atomic E-state index is 15.4. The van der Waals surface area contributed by atoms with E-state index >= 15 is 4.39 Å². The number of ether oxygens (including phenoxy) is 1. The number of thiol groups is 1. The molecule has 0 spiro atoms. The van der Waals surface area contributed by atoms with Crippen LogP contribution in [0.15, 0.2) is 72.9 Å². The Labute approximate surface area is 393 Å². The molecule has 2 aliphatic rings. The molecule has 0 radical (unpaired) electrons. The summed E-state index contributed by atoms with van der Waals surface area (Å²) in [5.41, 5.74) is 1.02. The molecule has 0 aliphatic carbocycles. The minimum absolute atomic E-state index is 0.00778. The van der Waals surface area contributed by atoms with Gasteiger partial charge in [0.25, 0.3) is 11.8 Å². The topological polar surface area (TPSA) is 150 Å². The third-order valence-electron chi connectivity index (χ3n) is 11.6. The molecule has 2 aromatic carbocycles. The van der Waals surface area contributed by atoms with E-state index in [4.69, 9.17) is 17.4 Å². The summed E-state index contributed by atoms with van der Waals surface area (Å²) in [5.74, 6) is -2.48. The maximum Gasteiger partial charge on any atom is 0.410 e. The SMILES string of the molecule is CC(C)(C)OC(=O)N1CCC(CN(C(=O)CC(S)CCC(=O)NCCNC(=O)CCCCCN2C(=O)C=CC2=O)[C@@H](c2cc(-c3cc(F)ccc3F)cn2Cc2ccccc2)C(C)(C)C)C1. The van der Waals surface area contributed by atoms with Crippen LogP contribution in [0.3, 0.4) is 0 Å². The molecule has 1 aromatic heterocycles. The third kappa shape index (κ3) is 15.3. The Bertz CT molecular complexity index is 2200. The number of carbonyl (C=O) groups excluding carboxylic acids is 6. The van der Waals surface area contributed by atoms with Crippen LogP contribution < -0.4 is 10.6 Å². The fraction of sp³-hybridized carbons (Fsp3) is 0.520. The van der Waals surface area contributed by atoms with Crippen LogP contribution >= 0.6 is 12.6 Å². The molecular formula is C50H66F2N6O7S. The highest BCUT2D eigenvalue weighted by molar-refractivity contribution is 7.81. The lowest BCUT2D eigenvalue weighted by Gasteiger charge is -2.42. The highest BCUT2D eigenvalue weighted by Crippen LogP contribution is 2.42. The summed E-state index contributed by atoms with van der Waals surface area (Å²) in [6, 6.07) is 14.4. The van der Waals surface area contributed by atoms with Crippen LogP contribution in [0, 0.1) is 23.0 Å². The maximum absolute atomic E-state index is 15.4. The Hall–Kier alpha value is -5.51. The van der Waals surface area contributed by atoms with Gasteiger partial charge in [-0.15, -0.1) is 0 Å². The average molecular weight is 933 g/mol. The number of carbonyl (C=O) groups is 6. The van der Waals surface area contributed by atoms with Gasteiger partial charge in [-0.05, 0) is 87.6 Å². The molecule has 3 aromatic rings. The first-order valence-corrected chi connectivity index (χ1v) is 23.4. The zero-order chi connectivity index (χ0) is 48.2. The lowest BCUT2D eigenvalue weighted by atomic mass is 9.82. The minimum Gasteiger partial charge on any atom is -0.444 e. The van der Waals surface area contributed by atoms with Crippen LogP contribution in [0.5, 0.6) is 0 Å². The summed E-state index contributed by atoms with van der Waals surface area (Å²) in [7, 11) is 0. The van der Waals surface area contributed by atoms with Crippen LogP contribution in [-0.4, -0.2) is 105 Å². The fourth-order valence-corrected chi connectivity index (χ4v) is 8.68. The molecule has 13 nitrogen and oxygen atoms in total. The van der Waals surface area contributed by atoms with Gasteiger partial charge in [-0.2, -0.15) is 12.6 Å². The van der Waals surface area contributed by atoms with Gasteiger partial charge in [0, 0.05) is 105 Å². The number of hydrogen-bond donors (Lipinski definition) is 3. The number of halogens is 2. The van der Waals surface area contributed by atoms with Gasteiger partial charge in [-0.1, -0.05) is 57.5 Å². The van der Waals surface area contributed by atoms with Crippen molar-refractivity contribution in [2.45, 2.75) is 116 Å². The number of rotatable bonds is 21. The van der Waals surface area contributed by atoms with Gasteiger partial charge in [0.05, 0.1) is 6.04 Å². The lowest BCUT2D eigenvalue weighted by molar-refractivity contribution is -0.138. The van der Waals surface area contributed by atoms with E-state index in [0.717, 1.165) is 23.4 Å². The van der Waals surface area contributed by atoms with Gasteiger partial charge < -0.3 is 29.7 Å². The van der Waals surface area contributed by atoms with E-state index in [1.165, 1.54) is 23.1 Å². The summed E-state index contributed by atoms with van der Waals surface area (Å²) in [6.45, 7) is 13.9. The third-order valence-corrected chi connectivity index (χ3v) is 12.0. The second-order valence-corrected chi connectivity index (χ2v) is 20.1. The van der Waals surface area contributed by atoms with Crippen molar-refractivity contribution < 1.29 is 42.3 Å². The molecule has 358 valence electrons. The van der Waals surface area contributed by atoms with Crippen molar-refractivity contribution in [2.24, 2.45) is 11.3 Å². The first-order valence-electron chi connectivity index (χ1n) is 22.9. The van der Waals surface area contributed by atoms with Gasteiger partial charge in [-0.3, -0.25) is 28.9 Å². The Morgan fingerprint density at radius 3 is 2.20 bits per heavy atom. The number of benzene rings is 2. The number of nitrogens with zero attached hydrogens (tertiary/aromatic N) is 4. The second-order valence-electron chi connectivity index (χ2n) is 19.4. The van der Waals surface area contributed by atoms with Crippen LogP contribution in [0.4, 0.5) is 13.6 Å². The number of nitrogens with one attached hydrogen (secondary N) is 2. The molecule has 16 heteroatoms. The first-order chi connectivity index (χ1) is 31.2. The summed E-state index contributed by atoms with van der Waals surface area (Å²) in [6.07, 6.45) is 7.10. The second kappa shape index (κ2) is 23.3. The van der Waals surface area contributed by atoms with Gasteiger partial charge >= 0.3 is 6.09 Å². The van der Waals surface area contributed by atoms with Gasteiger partial charge in [0.1, 0.15) is 17.2 Å². The van der Waals surface area contributed by atoms with Crippen LogP contribution in [-0.2, 0) is 35.3 Å². The predicted molar refractivity (Wildman–Crippen MR) is 252 cm³/mol. The fourth-order valence-electron chi connectivity index (χ4n) is 8.40. The Morgan fingerprint density at radius 2 is 1.55 bits per heavy atom. The van der Waals surface area contributed by atoms with Gasteiger partial charge in [0.2, 0.25) is 17.7 Å². The summed E-state index contributed by atoms with van der Waals surface area (Å²) >= 11 is 4.80. The molecule has 3 heterocycles. The van der Waals surface area contributed by atoms with E-state index in [-0.39, 0.29) is 73.4 Å². The number of unbranched alkanes of at least 4 members (excludes halogenated alkanes) is 2. The first kappa shape index (κ1) is 51.5. The normalized spacial score (nSPS) is 16.1. The Morgan fingerprint density at radius 1 is 0.879 bits per heavy atom. The average Bonchev–Trinajstić information content (AvgIpc) is 3.97. The zero-order valence-electron chi connectivity index (χ0n) is 39.1. The van der Waals surface area contributed by atoms with Crippen molar-refractivity contribution in [1.29, 1.82) is 0 Å². The molecule has 2 aliphatic heterocycles. The van der Waals surface area contributed by atoms with Crippen molar-refractivity contribution in [2.75, 3.05) is 39.3 Å². The largest absolute Gasteiger partial charge is 0.444 e. The zero-order valence-corrected chi connectivity index (χ0v) is 40.0. The summed E-state index contributed by atoms with van der Waals surface area (Å²) < 4.78 is 37.6. The van der Waals surface area contributed by atoms with E-state index < -0.39 is 40.0 Å².